The molecule has 0 saturated carbocycles. The minimum Gasteiger partial charge on any atom is -0.463 e. The Bertz CT molecular complexity index is 1930. The minimum absolute atomic E-state index is 0.350. The number of carbonyl (C=O) groups is 3. The second kappa shape index (κ2) is 12.4. The summed E-state index contributed by atoms with van der Waals surface area (Å²) in [6.45, 7) is 5.60. The summed E-state index contributed by atoms with van der Waals surface area (Å²) in [5.41, 5.74) is 5.70. The molecule has 3 aromatic carbocycles. The molecule has 0 unspecified atom stereocenters. The van der Waals surface area contributed by atoms with E-state index in [1.807, 2.05) is 60.7 Å². The topological polar surface area (TPSA) is 134 Å². The van der Waals surface area contributed by atoms with E-state index in [1.54, 1.807) is 19.1 Å². The number of hydrogen-bond donors (Lipinski definition) is 0. The van der Waals surface area contributed by atoms with Gasteiger partial charge in [0.05, 0.1) is 29.2 Å². The van der Waals surface area contributed by atoms with Gasteiger partial charge < -0.3 is 23.5 Å². The number of oxime groups is 3. The number of fused-ring (bicyclic) bond motifs is 3. The normalized spacial score (nSPS) is 12.2. The van der Waals surface area contributed by atoms with Gasteiger partial charge >= 0.3 is 17.9 Å². The molecule has 0 bridgehead atoms. The van der Waals surface area contributed by atoms with Crippen LogP contribution in [-0.4, -0.2) is 40.1 Å². The van der Waals surface area contributed by atoms with Crippen molar-refractivity contribution in [3.05, 3.63) is 102 Å². The number of carbonyl (C=O) groups excluding carboxylic acids is 3. The minimum atomic E-state index is -0.560. The van der Waals surface area contributed by atoms with E-state index in [2.05, 4.69) is 24.9 Å². The quantitative estimate of drug-likeness (QED) is 0.128. The van der Waals surface area contributed by atoms with Gasteiger partial charge in [-0.1, -0.05) is 39.7 Å². The van der Waals surface area contributed by atoms with Gasteiger partial charge in [-0.15, -0.1) is 0 Å². The van der Waals surface area contributed by atoms with Crippen molar-refractivity contribution in [2.24, 2.45) is 15.5 Å². The fourth-order valence-corrected chi connectivity index (χ4v) is 4.49. The highest BCUT2D eigenvalue weighted by Crippen LogP contribution is 2.34. The summed E-state index contributed by atoms with van der Waals surface area (Å²) in [6.07, 6.45) is 2.97. The van der Waals surface area contributed by atoms with Crippen molar-refractivity contribution >= 4 is 57.4 Å². The Kier molecular flexibility index (Phi) is 8.24. The first-order valence-electron chi connectivity index (χ1n) is 13.1. The fraction of sp³-hybridized carbons (Fsp3) is 0.125. The Labute approximate surface area is 245 Å². The Balaban J connectivity index is 1.69. The van der Waals surface area contributed by atoms with Crippen molar-refractivity contribution in [2.45, 2.75) is 27.7 Å². The van der Waals surface area contributed by atoms with Gasteiger partial charge in [-0.2, -0.15) is 0 Å². The summed E-state index contributed by atoms with van der Waals surface area (Å²) >= 11 is 0. The molecule has 0 saturated heterocycles. The van der Waals surface area contributed by atoms with Crippen LogP contribution in [0.25, 0.3) is 27.5 Å². The summed E-state index contributed by atoms with van der Waals surface area (Å²) in [4.78, 5) is 48.4. The van der Waals surface area contributed by atoms with Crippen molar-refractivity contribution in [2.75, 3.05) is 0 Å². The number of hydrogen-bond acceptors (Lipinski definition) is 10. The Morgan fingerprint density at radius 1 is 0.721 bits per heavy atom. The fourth-order valence-electron chi connectivity index (χ4n) is 4.49. The molecule has 5 aromatic rings. The van der Waals surface area contributed by atoms with E-state index in [0.717, 1.165) is 38.6 Å². The molecule has 2 aromatic heterocycles. The van der Waals surface area contributed by atoms with E-state index < -0.39 is 17.9 Å². The first kappa shape index (κ1) is 28.7. The van der Waals surface area contributed by atoms with Crippen LogP contribution < -0.4 is 0 Å². The summed E-state index contributed by atoms with van der Waals surface area (Å²) in [5, 5.41) is 13.5. The lowest BCUT2D eigenvalue weighted by Crippen LogP contribution is -2.05. The highest BCUT2D eigenvalue weighted by atomic mass is 16.7. The zero-order chi connectivity index (χ0) is 30.5. The molecular weight excluding hydrogens is 552 g/mol. The highest BCUT2D eigenvalue weighted by molar-refractivity contribution is 6.17. The Hall–Kier alpha value is -5.84. The van der Waals surface area contributed by atoms with Crippen LogP contribution >= 0.6 is 0 Å². The van der Waals surface area contributed by atoms with E-state index in [9.17, 15) is 14.4 Å². The largest absolute Gasteiger partial charge is 0.463 e. The van der Waals surface area contributed by atoms with E-state index in [1.165, 1.54) is 33.2 Å². The van der Waals surface area contributed by atoms with Gasteiger partial charge in [0.1, 0.15) is 0 Å². The van der Waals surface area contributed by atoms with Crippen LogP contribution in [0, 0.1) is 0 Å². The average Bonchev–Trinajstić information content (AvgIpc) is 3.62. The molecule has 2 heterocycles. The van der Waals surface area contributed by atoms with Crippen molar-refractivity contribution < 1.29 is 33.3 Å². The van der Waals surface area contributed by atoms with Crippen LogP contribution in [0.3, 0.4) is 0 Å². The summed E-state index contributed by atoms with van der Waals surface area (Å²) < 4.78 is 7.68. The summed E-state index contributed by atoms with van der Waals surface area (Å²) in [5.74, 6) is -1.14. The predicted molar refractivity (Wildman–Crippen MR) is 160 cm³/mol. The standard InChI is InChI=1S/C32H26N4O7/c1-19(34-42-21(3)38)24-9-13-29-27(16-24)28-17-25(32(35-43-22(4)39)31-6-5-15-40-31)10-14-30(28)36(29)26-11-7-23(8-12-26)18-33-41-20(2)37/h5-18H,1-4H3/b33-18-,34-19+,35-32?. The van der Waals surface area contributed by atoms with Crippen LogP contribution in [0.15, 0.2) is 98.9 Å². The molecule has 43 heavy (non-hydrogen) atoms. The Morgan fingerprint density at radius 2 is 1.33 bits per heavy atom. The third-order valence-electron chi connectivity index (χ3n) is 6.32. The molecular formula is C32H26N4O7. The van der Waals surface area contributed by atoms with E-state index >= 15 is 0 Å². The van der Waals surface area contributed by atoms with Crippen LogP contribution in [-0.2, 0) is 28.9 Å². The molecule has 5 rings (SSSR count). The van der Waals surface area contributed by atoms with Crippen molar-refractivity contribution in [3.63, 3.8) is 0 Å². The second-order valence-electron chi connectivity index (χ2n) is 9.47. The summed E-state index contributed by atoms with van der Waals surface area (Å²) in [6, 6.07) is 22.6. The zero-order valence-corrected chi connectivity index (χ0v) is 23.7. The molecule has 0 spiro atoms. The van der Waals surface area contributed by atoms with Gasteiger partial charge in [0.2, 0.25) is 0 Å². The SMILES string of the molecule is CC(=O)ON=C(c1ccc2c(c1)c1cc(/C(C)=N/OC(C)=O)ccc1n2-c1ccc(/C=N\OC(C)=O)cc1)c1ccco1. The van der Waals surface area contributed by atoms with Gasteiger partial charge in [-0.25, -0.2) is 14.4 Å². The number of aromatic nitrogens is 1. The maximum atomic E-state index is 11.6. The van der Waals surface area contributed by atoms with Crippen molar-refractivity contribution in [3.8, 4) is 5.69 Å². The maximum Gasteiger partial charge on any atom is 0.332 e. The average molecular weight is 579 g/mol. The van der Waals surface area contributed by atoms with E-state index in [-0.39, 0.29) is 0 Å². The van der Waals surface area contributed by atoms with Crippen LogP contribution in [0.4, 0.5) is 0 Å². The zero-order valence-electron chi connectivity index (χ0n) is 23.7. The molecule has 0 amide bonds. The number of benzene rings is 3. The van der Waals surface area contributed by atoms with Gasteiger partial charge in [0.15, 0.2) is 11.5 Å². The number of nitrogens with zero attached hydrogens (tertiary/aromatic N) is 4. The second-order valence-corrected chi connectivity index (χ2v) is 9.47. The van der Waals surface area contributed by atoms with Crippen molar-refractivity contribution in [1.82, 2.24) is 4.57 Å². The lowest BCUT2D eigenvalue weighted by atomic mass is 10.0. The summed E-state index contributed by atoms with van der Waals surface area (Å²) in [7, 11) is 0. The molecule has 0 aliphatic carbocycles. The number of furan rings is 1. The van der Waals surface area contributed by atoms with Gasteiger partial charge in [0, 0.05) is 42.8 Å². The van der Waals surface area contributed by atoms with Gasteiger partial charge in [-0.05, 0) is 66.6 Å². The molecule has 11 nitrogen and oxygen atoms in total. The first-order chi connectivity index (χ1) is 20.7. The smallest absolute Gasteiger partial charge is 0.332 e. The first-order valence-corrected chi connectivity index (χ1v) is 13.1. The molecule has 0 atom stereocenters. The maximum absolute atomic E-state index is 11.6. The molecule has 216 valence electrons. The van der Waals surface area contributed by atoms with Crippen molar-refractivity contribution in [1.29, 1.82) is 0 Å². The number of rotatable bonds is 8. The molecule has 0 radical (unpaired) electrons. The third-order valence-corrected chi connectivity index (χ3v) is 6.32. The Morgan fingerprint density at radius 3 is 1.93 bits per heavy atom. The van der Waals surface area contributed by atoms with Gasteiger partial charge in [-0.3, -0.25) is 0 Å². The lowest BCUT2D eigenvalue weighted by molar-refractivity contribution is -0.141. The van der Waals surface area contributed by atoms with Crippen LogP contribution in [0.2, 0.25) is 0 Å². The molecule has 0 fully saturated rings. The molecule has 0 aliphatic heterocycles. The van der Waals surface area contributed by atoms with Crippen LogP contribution in [0.5, 0.6) is 0 Å². The van der Waals surface area contributed by atoms with Gasteiger partial charge in [0.25, 0.3) is 0 Å². The molecule has 0 N–H and O–H groups in total. The third kappa shape index (κ3) is 6.41. The predicted octanol–water partition coefficient (Wildman–Crippen LogP) is 5.88. The van der Waals surface area contributed by atoms with E-state index in [0.29, 0.717) is 22.7 Å². The lowest BCUT2D eigenvalue weighted by Gasteiger charge is -2.09. The molecule has 11 heteroatoms. The molecule has 0 aliphatic rings. The van der Waals surface area contributed by atoms with Crippen LogP contribution in [0.1, 0.15) is 50.1 Å². The monoisotopic (exact) mass is 578 g/mol. The van der Waals surface area contributed by atoms with E-state index in [4.69, 9.17) is 14.1 Å². The highest BCUT2D eigenvalue weighted by Gasteiger charge is 2.18.